The van der Waals surface area contributed by atoms with Gasteiger partial charge in [-0.2, -0.15) is 0 Å². The maximum Gasteiger partial charge on any atom is 0.337 e. The highest BCUT2D eigenvalue weighted by Gasteiger charge is 2.34. The van der Waals surface area contributed by atoms with Gasteiger partial charge < -0.3 is 9.57 Å². The SMILES string of the molecule is COC(=O)c1ccc(C2=NOC(c3cccc([N+](=O)[O-])c3)N2c2ccccc2)cc1. The summed E-state index contributed by atoms with van der Waals surface area (Å²) in [6.45, 7) is 0. The molecule has 1 atom stereocenters. The van der Waals surface area contributed by atoms with Crippen molar-refractivity contribution < 1.29 is 19.3 Å². The minimum atomic E-state index is -0.678. The third-order valence-electron chi connectivity index (χ3n) is 4.67. The third kappa shape index (κ3) is 3.58. The van der Waals surface area contributed by atoms with E-state index in [9.17, 15) is 14.9 Å². The van der Waals surface area contributed by atoms with Crippen LogP contribution in [0.5, 0.6) is 0 Å². The second-order valence-corrected chi connectivity index (χ2v) is 6.50. The molecule has 1 aliphatic rings. The topological polar surface area (TPSA) is 94.3 Å². The van der Waals surface area contributed by atoms with Crippen LogP contribution in [0.4, 0.5) is 11.4 Å². The zero-order chi connectivity index (χ0) is 21.1. The van der Waals surface area contributed by atoms with Crippen molar-refractivity contribution in [2.45, 2.75) is 6.23 Å². The molecule has 3 aromatic rings. The van der Waals surface area contributed by atoms with Crippen LogP contribution < -0.4 is 4.90 Å². The Balaban J connectivity index is 1.74. The number of methoxy groups -OCH3 is 1. The molecular formula is C22H17N3O5. The van der Waals surface area contributed by atoms with Crippen LogP contribution in [-0.2, 0) is 9.57 Å². The molecule has 0 spiro atoms. The summed E-state index contributed by atoms with van der Waals surface area (Å²) < 4.78 is 4.74. The third-order valence-corrected chi connectivity index (χ3v) is 4.67. The van der Waals surface area contributed by atoms with Gasteiger partial charge in [0.2, 0.25) is 6.23 Å². The van der Waals surface area contributed by atoms with Crippen LogP contribution in [0.15, 0.2) is 84.0 Å². The molecule has 3 aromatic carbocycles. The number of ether oxygens (including phenoxy) is 1. The summed E-state index contributed by atoms with van der Waals surface area (Å²) in [5.74, 6) is 0.0923. The smallest absolute Gasteiger partial charge is 0.337 e. The van der Waals surface area contributed by atoms with Crippen LogP contribution in [0.3, 0.4) is 0 Å². The van der Waals surface area contributed by atoms with E-state index in [-0.39, 0.29) is 5.69 Å². The maximum atomic E-state index is 11.7. The van der Waals surface area contributed by atoms with Gasteiger partial charge in [-0.25, -0.2) is 4.79 Å². The number of oxime groups is 1. The molecule has 0 aliphatic carbocycles. The summed E-state index contributed by atoms with van der Waals surface area (Å²) in [7, 11) is 1.33. The number of carbonyl (C=O) groups excluding carboxylic acids is 1. The van der Waals surface area contributed by atoms with E-state index in [1.807, 2.05) is 35.2 Å². The Labute approximate surface area is 172 Å². The number of hydrogen-bond acceptors (Lipinski definition) is 7. The predicted octanol–water partition coefficient (Wildman–Crippen LogP) is 4.28. The zero-order valence-electron chi connectivity index (χ0n) is 16.0. The number of anilines is 1. The van der Waals surface area contributed by atoms with Crippen LogP contribution in [0, 0.1) is 10.1 Å². The molecule has 1 aliphatic heterocycles. The first-order chi connectivity index (χ1) is 14.6. The van der Waals surface area contributed by atoms with Gasteiger partial charge in [0.1, 0.15) is 0 Å². The van der Waals surface area contributed by atoms with Crippen molar-refractivity contribution in [1.82, 2.24) is 0 Å². The largest absolute Gasteiger partial charge is 0.465 e. The predicted molar refractivity (Wildman–Crippen MR) is 110 cm³/mol. The van der Waals surface area contributed by atoms with E-state index in [2.05, 4.69) is 5.16 Å². The Hall–Kier alpha value is -4.20. The lowest BCUT2D eigenvalue weighted by molar-refractivity contribution is -0.385. The molecular weight excluding hydrogens is 386 g/mol. The number of para-hydroxylation sites is 1. The highest BCUT2D eigenvalue weighted by atomic mass is 16.7. The molecule has 1 unspecified atom stereocenters. The van der Waals surface area contributed by atoms with Gasteiger partial charge in [0.25, 0.3) is 5.69 Å². The van der Waals surface area contributed by atoms with Gasteiger partial charge in [0, 0.05) is 28.9 Å². The first-order valence-electron chi connectivity index (χ1n) is 9.09. The highest BCUT2D eigenvalue weighted by molar-refractivity contribution is 6.11. The number of esters is 1. The molecule has 1 heterocycles. The Kier molecular flexibility index (Phi) is 5.13. The van der Waals surface area contributed by atoms with Crippen LogP contribution >= 0.6 is 0 Å². The fraction of sp³-hybridized carbons (Fsp3) is 0.0909. The summed E-state index contributed by atoms with van der Waals surface area (Å²) in [6.07, 6.45) is -0.678. The average molecular weight is 403 g/mol. The fourth-order valence-corrected chi connectivity index (χ4v) is 3.22. The number of rotatable bonds is 5. The van der Waals surface area contributed by atoms with Gasteiger partial charge >= 0.3 is 5.97 Å². The molecule has 8 heteroatoms. The van der Waals surface area contributed by atoms with Crippen LogP contribution in [0.25, 0.3) is 0 Å². The summed E-state index contributed by atoms with van der Waals surface area (Å²) in [6, 6.07) is 22.5. The first-order valence-corrected chi connectivity index (χ1v) is 9.09. The number of nitro groups is 1. The lowest BCUT2D eigenvalue weighted by Crippen LogP contribution is -2.31. The molecule has 0 amide bonds. The molecule has 0 radical (unpaired) electrons. The average Bonchev–Trinajstić information content (AvgIpc) is 3.24. The van der Waals surface area contributed by atoms with Gasteiger partial charge in [-0.15, -0.1) is 0 Å². The number of hydrogen-bond donors (Lipinski definition) is 0. The highest BCUT2D eigenvalue weighted by Crippen LogP contribution is 2.36. The Morgan fingerprint density at radius 2 is 1.80 bits per heavy atom. The molecule has 0 bridgehead atoms. The van der Waals surface area contributed by atoms with Gasteiger partial charge in [0.05, 0.1) is 17.6 Å². The van der Waals surface area contributed by atoms with Crippen molar-refractivity contribution in [2.24, 2.45) is 5.16 Å². The number of nitrogens with zero attached hydrogens (tertiary/aromatic N) is 3. The van der Waals surface area contributed by atoms with Crippen LogP contribution in [0.2, 0.25) is 0 Å². The van der Waals surface area contributed by atoms with Crippen molar-refractivity contribution in [3.05, 3.63) is 106 Å². The monoisotopic (exact) mass is 403 g/mol. The molecule has 30 heavy (non-hydrogen) atoms. The van der Waals surface area contributed by atoms with Crippen molar-refractivity contribution in [3.8, 4) is 0 Å². The van der Waals surface area contributed by atoms with Gasteiger partial charge in [-0.1, -0.05) is 47.6 Å². The number of carbonyl (C=O) groups is 1. The Morgan fingerprint density at radius 3 is 2.47 bits per heavy atom. The van der Waals surface area contributed by atoms with Gasteiger partial charge in [-0.3, -0.25) is 15.0 Å². The van der Waals surface area contributed by atoms with E-state index < -0.39 is 17.1 Å². The summed E-state index contributed by atoms with van der Waals surface area (Å²) in [5.41, 5.74) is 2.52. The van der Waals surface area contributed by atoms with Crippen molar-refractivity contribution in [3.63, 3.8) is 0 Å². The molecule has 8 nitrogen and oxygen atoms in total. The lowest BCUT2D eigenvalue weighted by Gasteiger charge is -2.25. The van der Waals surface area contributed by atoms with Crippen LogP contribution in [-0.4, -0.2) is 23.8 Å². The first kappa shape index (κ1) is 19.1. The zero-order valence-corrected chi connectivity index (χ0v) is 16.0. The second-order valence-electron chi connectivity index (χ2n) is 6.50. The summed E-state index contributed by atoms with van der Waals surface area (Å²) in [4.78, 5) is 30.0. The van der Waals surface area contributed by atoms with E-state index in [0.29, 0.717) is 17.0 Å². The Morgan fingerprint density at radius 1 is 1.07 bits per heavy atom. The van der Waals surface area contributed by atoms with Crippen LogP contribution in [0.1, 0.15) is 27.7 Å². The maximum absolute atomic E-state index is 11.7. The normalized spacial score (nSPS) is 15.3. The fourth-order valence-electron chi connectivity index (χ4n) is 3.22. The van der Waals surface area contributed by atoms with Gasteiger partial charge in [0.15, 0.2) is 5.84 Å². The number of amidine groups is 1. The molecule has 0 fully saturated rings. The minimum Gasteiger partial charge on any atom is -0.465 e. The Bertz CT molecular complexity index is 1110. The molecule has 0 N–H and O–H groups in total. The van der Waals surface area contributed by atoms with Crippen molar-refractivity contribution >= 4 is 23.2 Å². The van der Waals surface area contributed by atoms with Gasteiger partial charge in [-0.05, 0) is 24.3 Å². The number of nitro benzene ring substituents is 1. The summed E-state index contributed by atoms with van der Waals surface area (Å²) in [5, 5.41) is 15.4. The second kappa shape index (κ2) is 8.04. The molecule has 0 saturated heterocycles. The standard InChI is InChI=1S/C22H17N3O5/c1-29-22(26)16-12-10-15(11-13-16)20-23-30-21(24(20)18-7-3-2-4-8-18)17-6-5-9-19(14-17)25(27)28/h2-14,21H,1H3. The molecule has 4 rings (SSSR count). The van der Waals surface area contributed by atoms with E-state index in [0.717, 1.165) is 11.3 Å². The quantitative estimate of drug-likeness (QED) is 0.359. The van der Waals surface area contributed by atoms with E-state index in [1.54, 1.807) is 36.4 Å². The van der Waals surface area contributed by atoms with Crippen molar-refractivity contribution in [1.29, 1.82) is 0 Å². The van der Waals surface area contributed by atoms with Crippen molar-refractivity contribution in [2.75, 3.05) is 12.0 Å². The lowest BCUT2D eigenvalue weighted by atomic mass is 10.1. The summed E-state index contributed by atoms with van der Waals surface area (Å²) >= 11 is 0. The molecule has 150 valence electrons. The van der Waals surface area contributed by atoms with E-state index >= 15 is 0 Å². The van der Waals surface area contributed by atoms with E-state index in [1.165, 1.54) is 19.2 Å². The molecule has 0 saturated carbocycles. The molecule has 0 aromatic heterocycles. The minimum absolute atomic E-state index is 0.0278. The number of benzene rings is 3. The number of non-ortho nitro benzene ring substituents is 1. The van der Waals surface area contributed by atoms with E-state index in [4.69, 9.17) is 9.57 Å².